The van der Waals surface area contributed by atoms with Crippen LogP contribution in [-0.4, -0.2) is 61.7 Å². The van der Waals surface area contributed by atoms with E-state index in [1.807, 2.05) is 0 Å². The average Bonchev–Trinajstić information content (AvgIpc) is 3.39. The number of alkyl carbamates (subject to hydrolysis) is 1. The maximum Gasteiger partial charge on any atom is 0.407 e. The second kappa shape index (κ2) is 15.9. The van der Waals surface area contributed by atoms with E-state index in [4.69, 9.17) is 21.1 Å². The van der Waals surface area contributed by atoms with Crippen LogP contribution in [0, 0.1) is 5.92 Å². The van der Waals surface area contributed by atoms with Crippen LogP contribution in [0.5, 0.6) is 5.75 Å². The first kappa shape index (κ1) is 39.0. The largest absolute Gasteiger partial charge is 0.493 e. The Hall–Kier alpha value is -3.74. The Morgan fingerprint density at radius 3 is 1.98 bits per heavy atom. The van der Waals surface area contributed by atoms with Crippen molar-refractivity contribution in [1.29, 1.82) is 0 Å². The minimum Gasteiger partial charge on any atom is -0.493 e. The fourth-order valence-corrected chi connectivity index (χ4v) is 9.07. The molecular weight excluding hydrogens is 724 g/mol. The van der Waals surface area contributed by atoms with Crippen LogP contribution in [0.15, 0.2) is 77.7 Å². The van der Waals surface area contributed by atoms with Gasteiger partial charge in [0.1, 0.15) is 11.4 Å². The lowest BCUT2D eigenvalue weighted by atomic mass is 9.90. The molecule has 13 heteroatoms. The number of sulfonamides is 1. The Morgan fingerprint density at radius 2 is 1.42 bits per heavy atom. The molecule has 286 valence electrons. The summed E-state index contributed by atoms with van der Waals surface area (Å²) in [6.07, 6.45) is 6.84. The van der Waals surface area contributed by atoms with E-state index in [0.29, 0.717) is 54.5 Å². The quantitative estimate of drug-likeness (QED) is 0.202. The number of amides is 2. The standard InChI is InChI=1S/C40H48ClF2N3O6S/c1-39(2,3)52-38(48)44-31-23-32-17-18-33(24-31)46(32)37(47)36(40(42,43)29-13-9-27(10-14-29)28-11-15-30(41)16-12-28)45-53(49,50)35-21-19-34(20-22-35)51-25-26-7-5-4-6-8-26/h9-16,19-22,26,31-33,36,45H,4-8,17-18,23-25H2,1-3H3,(H,44,48). The molecule has 0 radical (unpaired) electrons. The second-order valence-electron chi connectivity index (χ2n) is 15.5. The molecule has 1 saturated carbocycles. The van der Waals surface area contributed by atoms with E-state index >= 15 is 8.78 Å². The molecule has 2 bridgehead atoms. The Bertz CT molecular complexity index is 1830. The van der Waals surface area contributed by atoms with Gasteiger partial charge >= 0.3 is 6.09 Å². The fourth-order valence-electron chi connectivity index (χ4n) is 7.76. The third kappa shape index (κ3) is 9.50. The summed E-state index contributed by atoms with van der Waals surface area (Å²) >= 11 is 6.02. The lowest BCUT2D eigenvalue weighted by molar-refractivity contribution is -0.149. The lowest BCUT2D eigenvalue weighted by Crippen LogP contribution is -2.61. The van der Waals surface area contributed by atoms with Crippen molar-refractivity contribution in [3.8, 4) is 16.9 Å². The number of nitrogens with zero attached hydrogens (tertiary/aromatic N) is 1. The zero-order valence-corrected chi connectivity index (χ0v) is 31.9. The number of benzene rings is 3. The minimum atomic E-state index is -4.62. The summed E-state index contributed by atoms with van der Waals surface area (Å²) in [6.45, 7) is 5.79. The van der Waals surface area contributed by atoms with Gasteiger partial charge in [0.2, 0.25) is 15.9 Å². The number of piperidine rings is 1. The van der Waals surface area contributed by atoms with Crippen LogP contribution in [0.2, 0.25) is 5.02 Å². The SMILES string of the molecule is CC(C)(C)OC(=O)NC1CC2CCC(C1)N2C(=O)C(NS(=O)(=O)c1ccc(OCC2CCCCC2)cc1)C(F)(F)c1ccc(-c2ccc(Cl)cc2)cc1. The van der Waals surface area contributed by atoms with Crippen LogP contribution < -0.4 is 14.8 Å². The molecule has 0 aromatic heterocycles. The highest BCUT2D eigenvalue weighted by molar-refractivity contribution is 7.89. The molecule has 9 nitrogen and oxygen atoms in total. The predicted octanol–water partition coefficient (Wildman–Crippen LogP) is 8.45. The number of halogens is 3. The third-order valence-electron chi connectivity index (χ3n) is 10.4. The summed E-state index contributed by atoms with van der Waals surface area (Å²) in [6, 6.07) is 14.2. The van der Waals surface area contributed by atoms with E-state index < -0.39 is 57.2 Å². The van der Waals surface area contributed by atoms with Crippen LogP contribution in [0.25, 0.3) is 11.1 Å². The zero-order valence-electron chi connectivity index (χ0n) is 30.3. The number of nitrogens with one attached hydrogen (secondary N) is 2. The molecule has 3 aliphatic rings. The van der Waals surface area contributed by atoms with Crippen molar-refractivity contribution < 1.29 is 36.3 Å². The Labute approximate surface area is 315 Å². The Kier molecular flexibility index (Phi) is 11.7. The van der Waals surface area contributed by atoms with E-state index in [1.54, 1.807) is 45.0 Å². The van der Waals surface area contributed by atoms with Gasteiger partial charge in [-0.3, -0.25) is 4.79 Å². The molecule has 3 atom stereocenters. The first-order valence-electron chi connectivity index (χ1n) is 18.4. The molecule has 3 aromatic carbocycles. The van der Waals surface area contributed by atoms with Crippen molar-refractivity contribution in [2.45, 2.75) is 119 Å². The van der Waals surface area contributed by atoms with Gasteiger partial charge in [-0.25, -0.2) is 13.2 Å². The highest BCUT2D eigenvalue weighted by Gasteiger charge is 2.54. The third-order valence-corrected chi connectivity index (χ3v) is 12.1. The number of rotatable bonds is 11. The van der Waals surface area contributed by atoms with Crippen LogP contribution in [-0.2, 0) is 25.5 Å². The summed E-state index contributed by atoms with van der Waals surface area (Å²) in [4.78, 5) is 28.0. The lowest BCUT2D eigenvalue weighted by Gasteiger charge is -2.42. The van der Waals surface area contributed by atoms with Crippen LogP contribution in [0.3, 0.4) is 0 Å². The summed E-state index contributed by atoms with van der Waals surface area (Å²) in [5.74, 6) is -4.04. The summed E-state index contributed by atoms with van der Waals surface area (Å²) < 4.78 is 74.7. The van der Waals surface area contributed by atoms with Crippen LogP contribution >= 0.6 is 11.6 Å². The van der Waals surface area contributed by atoms with Gasteiger partial charge in [-0.1, -0.05) is 67.3 Å². The predicted molar refractivity (Wildman–Crippen MR) is 199 cm³/mol. The first-order valence-corrected chi connectivity index (χ1v) is 20.3. The van der Waals surface area contributed by atoms with Gasteiger partial charge in [-0.2, -0.15) is 13.5 Å². The molecule has 53 heavy (non-hydrogen) atoms. The summed E-state index contributed by atoms with van der Waals surface area (Å²) in [5, 5.41) is 3.39. The van der Waals surface area contributed by atoms with Crippen molar-refractivity contribution in [3.05, 3.63) is 83.4 Å². The fraction of sp³-hybridized carbons (Fsp3) is 0.500. The molecule has 6 rings (SSSR count). The highest BCUT2D eigenvalue weighted by Crippen LogP contribution is 2.41. The van der Waals surface area contributed by atoms with E-state index in [-0.39, 0.29) is 10.9 Å². The molecule has 2 amide bonds. The van der Waals surface area contributed by atoms with Crippen molar-refractivity contribution >= 4 is 33.6 Å². The van der Waals surface area contributed by atoms with Crippen molar-refractivity contribution in [2.75, 3.05) is 6.61 Å². The maximum absolute atomic E-state index is 16.8. The monoisotopic (exact) mass is 771 g/mol. The van der Waals surface area contributed by atoms with E-state index in [0.717, 1.165) is 31.2 Å². The molecule has 1 aliphatic carbocycles. The van der Waals surface area contributed by atoms with Crippen molar-refractivity contribution in [1.82, 2.24) is 14.9 Å². The van der Waals surface area contributed by atoms with E-state index in [2.05, 4.69) is 10.0 Å². The maximum atomic E-state index is 16.8. The number of alkyl halides is 2. The van der Waals surface area contributed by atoms with Gasteiger partial charge in [-0.15, -0.1) is 0 Å². The number of carbonyl (C=O) groups is 2. The van der Waals surface area contributed by atoms with Crippen molar-refractivity contribution in [2.24, 2.45) is 5.92 Å². The molecule has 3 aromatic rings. The van der Waals surface area contributed by atoms with Crippen molar-refractivity contribution in [3.63, 3.8) is 0 Å². The second-order valence-corrected chi connectivity index (χ2v) is 17.6. The number of fused-ring (bicyclic) bond motifs is 2. The topological polar surface area (TPSA) is 114 Å². The Balaban J connectivity index is 1.24. The van der Waals surface area contributed by atoms with Gasteiger partial charge in [-0.05, 0) is 113 Å². The number of hydrogen-bond acceptors (Lipinski definition) is 6. The van der Waals surface area contributed by atoms with E-state index in [1.165, 1.54) is 59.9 Å². The molecule has 2 saturated heterocycles. The zero-order chi connectivity index (χ0) is 38.0. The smallest absolute Gasteiger partial charge is 0.407 e. The summed E-state index contributed by atoms with van der Waals surface area (Å²) in [7, 11) is -4.62. The summed E-state index contributed by atoms with van der Waals surface area (Å²) in [5.41, 5.74) is 0.179. The normalized spacial score (nSPS) is 21.5. The molecule has 2 aliphatic heterocycles. The van der Waals surface area contributed by atoms with Gasteiger partial charge in [0.25, 0.3) is 5.92 Å². The Morgan fingerprint density at radius 1 is 0.849 bits per heavy atom. The molecule has 2 heterocycles. The molecular formula is C40H48ClF2N3O6S. The number of hydrogen-bond donors (Lipinski definition) is 2. The first-order chi connectivity index (χ1) is 25.1. The molecule has 3 fully saturated rings. The van der Waals surface area contributed by atoms with E-state index in [9.17, 15) is 18.0 Å². The van der Waals surface area contributed by atoms with Gasteiger partial charge in [0.15, 0.2) is 6.04 Å². The van der Waals surface area contributed by atoms with Gasteiger partial charge in [0.05, 0.1) is 11.5 Å². The molecule has 0 spiro atoms. The van der Waals surface area contributed by atoms with Crippen LogP contribution in [0.1, 0.15) is 84.1 Å². The average molecular weight is 772 g/mol. The highest BCUT2D eigenvalue weighted by atomic mass is 35.5. The van der Waals surface area contributed by atoms with Gasteiger partial charge in [0, 0.05) is 28.7 Å². The molecule has 3 unspecified atom stereocenters. The van der Waals surface area contributed by atoms with Gasteiger partial charge < -0.3 is 19.7 Å². The van der Waals surface area contributed by atoms with Crippen LogP contribution in [0.4, 0.5) is 13.6 Å². The minimum absolute atomic E-state index is 0.266. The number of ether oxygens (including phenoxy) is 2. The molecule has 2 N–H and O–H groups in total. The number of carbonyl (C=O) groups excluding carboxylic acids is 2.